The van der Waals surface area contributed by atoms with E-state index in [2.05, 4.69) is 0 Å². The molecule has 2 N–H and O–H groups in total. The Balaban J connectivity index is 2.48. The van der Waals surface area contributed by atoms with E-state index in [0.29, 0.717) is 13.2 Å². The fraction of sp³-hybridized carbons (Fsp3) is 0.900. The number of amides is 1. The molecule has 1 aliphatic rings. The lowest BCUT2D eigenvalue weighted by Crippen LogP contribution is -2.43. The average molecular weight is 200 g/mol. The summed E-state index contributed by atoms with van der Waals surface area (Å²) in [4.78, 5) is 13.6. The monoisotopic (exact) mass is 200 g/mol. The van der Waals surface area contributed by atoms with Gasteiger partial charge < -0.3 is 15.4 Å². The maximum absolute atomic E-state index is 11.9. The molecule has 1 fully saturated rings. The van der Waals surface area contributed by atoms with Gasteiger partial charge in [0.25, 0.3) is 0 Å². The molecule has 0 aromatic rings. The van der Waals surface area contributed by atoms with Crippen molar-refractivity contribution in [2.45, 2.75) is 32.4 Å². The van der Waals surface area contributed by atoms with E-state index in [1.165, 1.54) is 0 Å². The SMILES string of the molecule is CC1CC(C(=O)N(C)C(C)CN)CO1. The highest BCUT2D eigenvalue weighted by Gasteiger charge is 2.31. The van der Waals surface area contributed by atoms with Crippen LogP contribution < -0.4 is 5.73 Å². The van der Waals surface area contributed by atoms with Gasteiger partial charge in [0, 0.05) is 19.6 Å². The van der Waals surface area contributed by atoms with Gasteiger partial charge in [0.1, 0.15) is 0 Å². The molecule has 1 heterocycles. The van der Waals surface area contributed by atoms with E-state index in [0.717, 1.165) is 6.42 Å². The summed E-state index contributed by atoms with van der Waals surface area (Å²) in [5, 5.41) is 0. The fourth-order valence-electron chi connectivity index (χ4n) is 1.65. The highest BCUT2D eigenvalue weighted by atomic mass is 16.5. The second-order valence-corrected chi connectivity index (χ2v) is 4.11. The van der Waals surface area contributed by atoms with E-state index < -0.39 is 0 Å². The van der Waals surface area contributed by atoms with Crippen LogP contribution in [0.3, 0.4) is 0 Å². The molecule has 0 aliphatic carbocycles. The van der Waals surface area contributed by atoms with Crippen LogP contribution in [0.15, 0.2) is 0 Å². The molecule has 0 saturated carbocycles. The van der Waals surface area contributed by atoms with Crippen molar-refractivity contribution in [3.8, 4) is 0 Å². The van der Waals surface area contributed by atoms with Crippen molar-refractivity contribution < 1.29 is 9.53 Å². The van der Waals surface area contributed by atoms with Crippen LogP contribution >= 0.6 is 0 Å². The van der Waals surface area contributed by atoms with Gasteiger partial charge >= 0.3 is 0 Å². The lowest BCUT2D eigenvalue weighted by molar-refractivity contribution is -0.135. The average Bonchev–Trinajstić information content (AvgIpc) is 2.61. The molecule has 1 saturated heterocycles. The molecule has 1 rings (SSSR count). The van der Waals surface area contributed by atoms with Gasteiger partial charge in [0.2, 0.25) is 5.91 Å². The number of likely N-dealkylation sites (N-methyl/N-ethyl adjacent to an activating group) is 1. The van der Waals surface area contributed by atoms with Crippen molar-refractivity contribution in [2.75, 3.05) is 20.2 Å². The summed E-state index contributed by atoms with van der Waals surface area (Å²) in [6.45, 7) is 5.02. The van der Waals surface area contributed by atoms with E-state index in [1.54, 1.807) is 4.90 Å². The Morgan fingerprint density at radius 3 is 2.79 bits per heavy atom. The highest BCUT2D eigenvalue weighted by Crippen LogP contribution is 2.21. The summed E-state index contributed by atoms with van der Waals surface area (Å²) in [5.74, 6) is 0.191. The Hall–Kier alpha value is -0.610. The predicted octanol–water partition coefficient (Wildman–Crippen LogP) is 0.217. The molecule has 0 radical (unpaired) electrons. The standard InChI is InChI=1S/C10H20N2O2/c1-7(5-11)12(3)10(13)9-4-8(2)14-6-9/h7-9H,4-6,11H2,1-3H3. The van der Waals surface area contributed by atoms with Gasteiger partial charge in [-0.3, -0.25) is 4.79 Å². The second-order valence-electron chi connectivity index (χ2n) is 4.11. The van der Waals surface area contributed by atoms with Crippen LogP contribution in [0.1, 0.15) is 20.3 Å². The number of carbonyl (C=O) groups is 1. The van der Waals surface area contributed by atoms with Crippen LogP contribution in [-0.2, 0) is 9.53 Å². The number of nitrogens with two attached hydrogens (primary N) is 1. The van der Waals surface area contributed by atoms with E-state index >= 15 is 0 Å². The molecule has 0 aromatic heterocycles. The Bertz CT molecular complexity index is 204. The summed E-state index contributed by atoms with van der Waals surface area (Å²) in [7, 11) is 1.81. The number of hydrogen-bond donors (Lipinski definition) is 1. The van der Waals surface area contributed by atoms with Crippen molar-refractivity contribution in [1.82, 2.24) is 4.90 Å². The normalized spacial score (nSPS) is 28.9. The first-order valence-corrected chi connectivity index (χ1v) is 5.14. The Morgan fingerprint density at radius 1 is 1.71 bits per heavy atom. The van der Waals surface area contributed by atoms with Crippen LogP contribution in [-0.4, -0.2) is 43.2 Å². The van der Waals surface area contributed by atoms with Crippen LogP contribution in [0.2, 0.25) is 0 Å². The van der Waals surface area contributed by atoms with Crippen molar-refractivity contribution in [3.05, 3.63) is 0 Å². The van der Waals surface area contributed by atoms with E-state index in [1.807, 2.05) is 20.9 Å². The zero-order chi connectivity index (χ0) is 10.7. The van der Waals surface area contributed by atoms with Crippen molar-refractivity contribution in [3.63, 3.8) is 0 Å². The molecule has 0 bridgehead atoms. The van der Waals surface area contributed by atoms with E-state index in [9.17, 15) is 4.79 Å². The second kappa shape index (κ2) is 4.75. The molecule has 82 valence electrons. The third-order valence-electron chi connectivity index (χ3n) is 2.90. The third-order valence-corrected chi connectivity index (χ3v) is 2.90. The minimum Gasteiger partial charge on any atom is -0.378 e. The number of ether oxygens (including phenoxy) is 1. The topological polar surface area (TPSA) is 55.6 Å². The number of hydrogen-bond acceptors (Lipinski definition) is 3. The van der Waals surface area contributed by atoms with Gasteiger partial charge in [-0.2, -0.15) is 0 Å². The lowest BCUT2D eigenvalue weighted by Gasteiger charge is -2.26. The first kappa shape index (κ1) is 11.5. The van der Waals surface area contributed by atoms with E-state index in [-0.39, 0.29) is 24.0 Å². The first-order chi connectivity index (χ1) is 6.56. The molecular weight excluding hydrogens is 180 g/mol. The van der Waals surface area contributed by atoms with Crippen molar-refractivity contribution in [1.29, 1.82) is 0 Å². The Labute approximate surface area is 85.4 Å². The molecule has 4 nitrogen and oxygen atoms in total. The molecule has 3 unspecified atom stereocenters. The lowest BCUT2D eigenvalue weighted by atomic mass is 10.0. The van der Waals surface area contributed by atoms with Crippen LogP contribution in [0.4, 0.5) is 0 Å². The maximum atomic E-state index is 11.9. The molecule has 3 atom stereocenters. The number of nitrogens with zero attached hydrogens (tertiary/aromatic N) is 1. The minimum atomic E-state index is 0.0315. The molecular formula is C10H20N2O2. The van der Waals surface area contributed by atoms with Gasteiger partial charge in [-0.1, -0.05) is 0 Å². The van der Waals surface area contributed by atoms with Gasteiger partial charge in [-0.05, 0) is 20.3 Å². The third kappa shape index (κ3) is 2.45. The van der Waals surface area contributed by atoms with Crippen molar-refractivity contribution in [2.24, 2.45) is 11.7 Å². The first-order valence-electron chi connectivity index (χ1n) is 5.14. The van der Waals surface area contributed by atoms with Crippen molar-refractivity contribution >= 4 is 5.91 Å². The fourth-order valence-corrected chi connectivity index (χ4v) is 1.65. The quantitative estimate of drug-likeness (QED) is 0.709. The molecule has 14 heavy (non-hydrogen) atoms. The number of rotatable bonds is 3. The minimum absolute atomic E-state index is 0.0315. The Morgan fingerprint density at radius 2 is 2.36 bits per heavy atom. The largest absolute Gasteiger partial charge is 0.378 e. The van der Waals surface area contributed by atoms with Crippen LogP contribution in [0.25, 0.3) is 0 Å². The summed E-state index contributed by atoms with van der Waals surface area (Å²) < 4.78 is 5.37. The number of carbonyl (C=O) groups excluding carboxylic acids is 1. The van der Waals surface area contributed by atoms with Crippen LogP contribution in [0.5, 0.6) is 0 Å². The van der Waals surface area contributed by atoms with Gasteiger partial charge in [0.15, 0.2) is 0 Å². The molecule has 4 heteroatoms. The summed E-state index contributed by atoms with van der Waals surface area (Å²) in [6.07, 6.45) is 1.05. The predicted molar refractivity (Wildman–Crippen MR) is 54.8 cm³/mol. The van der Waals surface area contributed by atoms with Crippen LogP contribution in [0, 0.1) is 5.92 Å². The molecule has 0 aromatic carbocycles. The summed E-state index contributed by atoms with van der Waals surface area (Å²) in [6, 6.07) is 0.110. The Kier molecular flexibility index (Phi) is 3.89. The van der Waals surface area contributed by atoms with Gasteiger partial charge in [-0.25, -0.2) is 0 Å². The molecule has 1 amide bonds. The van der Waals surface area contributed by atoms with Gasteiger partial charge in [-0.15, -0.1) is 0 Å². The summed E-state index contributed by atoms with van der Waals surface area (Å²) >= 11 is 0. The maximum Gasteiger partial charge on any atom is 0.228 e. The summed E-state index contributed by atoms with van der Waals surface area (Å²) in [5.41, 5.74) is 5.51. The molecule has 0 spiro atoms. The zero-order valence-corrected chi connectivity index (χ0v) is 9.19. The van der Waals surface area contributed by atoms with Gasteiger partial charge in [0.05, 0.1) is 18.6 Å². The highest BCUT2D eigenvalue weighted by molar-refractivity contribution is 5.79. The zero-order valence-electron chi connectivity index (χ0n) is 9.19. The van der Waals surface area contributed by atoms with E-state index in [4.69, 9.17) is 10.5 Å². The smallest absolute Gasteiger partial charge is 0.228 e. The molecule has 1 aliphatic heterocycles.